The number of nitrogens with zero attached hydrogens (tertiary/aromatic N) is 3. The van der Waals surface area contributed by atoms with Crippen LogP contribution in [-0.4, -0.2) is 50.1 Å². The maximum Gasteiger partial charge on any atom is 0.191 e. The minimum absolute atomic E-state index is 0.338. The van der Waals surface area contributed by atoms with Crippen LogP contribution in [0.3, 0.4) is 0 Å². The third-order valence-electron chi connectivity index (χ3n) is 4.62. The van der Waals surface area contributed by atoms with Gasteiger partial charge in [0.1, 0.15) is 0 Å². The van der Waals surface area contributed by atoms with Crippen molar-refractivity contribution < 1.29 is 4.21 Å². The third kappa shape index (κ3) is 6.80. The molecule has 0 saturated heterocycles. The van der Waals surface area contributed by atoms with Gasteiger partial charge in [-0.15, -0.1) is 0 Å². The molecule has 0 spiro atoms. The number of nitrogens with one attached hydrogen (secondary N) is 2. The van der Waals surface area contributed by atoms with Crippen molar-refractivity contribution in [2.75, 3.05) is 18.8 Å². The molecule has 0 aromatic carbocycles. The molecule has 1 aromatic rings. The van der Waals surface area contributed by atoms with Gasteiger partial charge >= 0.3 is 0 Å². The van der Waals surface area contributed by atoms with E-state index in [0.29, 0.717) is 11.3 Å². The minimum Gasteiger partial charge on any atom is -0.357 e. The van der Waals surface area contributed by atoms with Gasteiger partial charge in [0.05, 0.1) is 6.20 Å². The van der Waals surface area contributed by atoms with Gasteiger partial charge in [-0.25, -0.2) is 0 Å². The average Bonchev–Trinajstić information content (AvgIpc) is 3.03. The maximum atomic E-state index is 12.1. The van der Waals surface area contributed by atoms with Crippen LogP contribution in [0.25, 0.3) is 0 Å². The molecule has 1 aliphatic carbocycles. The standard InChI is InChI=1S/C18H33N5OS/c1-4-19-18(20-11-7-8-15-13-21-23(3)14-15)22-16-9-6-10-17(12-16)25(24)5-2/h13-14,16-17H,4-12H2,1-3H3,(H2,19,20,22). The largest absolute Gasteiger partial charge is 0.357 e. The van der Waals surface area contributed by atoms with Crippen LogP contribution in [0.1, 0.15) is 51.5 Å². The van der Waals surface area contributed by atoms with E-state index in [9.17, 15) is 4.21 Å². The zero-order valence-corrected chi connectivity index (χ0v) is 16.6. The fraction of sp³-hybridized carbons (Fsp3) is 0.778. The van der Waals surface area contributed by atoms with Crippen LogP contribution >= 0.6 is 0 Å². The maximum absolute atomic E-state index is 12.1. The fourth-order valence-electron chi connectivity index (χ4n) is 3.34. The van der Waals surface area contributed by atoms with Crippen molar-refractivity contribution in [1.82, 2.24) is 20.4 Å². The summed E-state index contributed by atoms with van der Waals surface area (Å²) in [6.45, 7) is 5.75. The highest BCUT2D eigenvalue weighted by Crippen LogP contribution is 2.22. The Morgan fingerprint density at radius 2 is 2.28 bits per heavy atom. The van der Waals surface area contributed by atoms with Crippen molar-refractivity contribution in [3.05, 3.63) is 18.0 Å². The summed E-state index contributed by atoms with van der Waals surface area (Å²) in [6.07, 6.45) is 10.4. The molecule has 3 unspecified atom stereocenters. The highest BCUT2D eigenvalue weighted by molar-refractivity contribution is 7.85. The molecule has 0 aliphatic heterocycles. The van der Waals surface area contributed by atoms with Gasteiger partial charge in [0.25, 0.3) is 0 Å². The first-order chi connectivity index (χ1) is 12.1. The van der Waals surface area contributed by atoms with Gasteiger partial charge < -0.3 is 10.6 Å². The highest BCUT2D eigenvalue weighted by atomic mass is 32.2. The fourth-order valence-corrected chi connectivity index (χ4v) is 4.69. The van der Waals surface area contributed by atoms with Gasteiger partial charge in [0.15, 0.2) is 5.96 Å². The molecule has 0 amide bonds. The second-order valence-electron chi connectivity index (χ2n) is 6.69. The first kappa shape index (κ1) is 19.9. The Bertz CT molecular complexity index is 572. The van der Waals surface area contributed by atoms with Gasteiger partial charge in [0, 0.05) is 54.2 Å². The Labute approximate surface area is 154 Å². The smallest absolute Gasteiger partial charge is 0.191 e. The third-order valence-corrected chi connectivity index (χ3v) is 6.36. The number of aliphatic imine (C=N–C) groups is 1. The topological polar surface area (TPSA) is 71.3 Å². The van der Waals surface area contributed by atoms with E-state index >= 15 is 0 Å². The van der Waals surface area contributed by atoms with Crippen LogP contribution in [0, 0.1) is 0 Å². The highest BCUT2D eigenvalue weighted by Gasteiger charge is 2.25. The number of aromatic nitrogens is 2. The summed E-state index contributed by atoms with van der Waals surface area (Å²) in [5, 5.41) is 11.4. The number of rotatable bonds is 8. The predicted octanol–water partition coefficient (Wildman–Crippen LogP) is 1.99. The Morgan fingerprint density at radius 3 is 2.96 bits per heavy atom. The Kier molecular flexibility index (Phi) is 8.44. The van der Waals surface area contributed by atoms with Crippen molar-refractivity contribution in [3.63, 3.8) is 0 Å². The first-order valence-corrected chi connectivity index (χ1v) is 10.9. The molecule has 142 valence electrons. The molecule has 0 bridgehead atoms. The van der Waals surface area contributed by atoms with E-state index in [1.807, 2.05) is 24.9 Å². The molecule has 1 fully saturated rings. The first-order valence-electron chi connectivity index (χ1n) is 9.51. The quantitative estimate of drug-likeness (QED) is 0.419. The summed E-state index contributed by atoms with van der Waals surface area (Å²) >= 11 is 0. The predicted molar refractivity (Wildman–Crippen MR) is 105 cm³/mol. The zero-order chi connectivity index (χ0) is 18.1. The molecule has 1 aromatic heterocycles. The Hall–Kier alpha value is -1.37. The molecular formula is C18H33N5OS. The van der Waals surface area contributed by atoms with E-state index in [-0.39, 0.29) is 0 Å². The summed E-state index contributed by atoms with van der Waals surface area (Å²) in [5.41, 5.74) is 1.26. The van der Waals surface area contributed by atoms with Gasteiger partial charge in [-0.05, 0) is 44.6 Å². The molecule has 0 radical (unpaired) electrons. The van der Waals surface area contributed by atoms with Crippen LogP contribution in [-0.2, 0) is 24.3 Å². The lowest BCUT2D eigenvalue weighted by Gasteiger charge is -2.30. The van der Waals surface area contributed by atoms with Crippen molar-refractivity contribution >= 4 is 16.8 Å². The molecule has 2 N–H and O–H groups in total. The van der Waals surface area contributed by atoms with Crippen LogP contribution in [0.5, 0.6) is 0 Å². The second-order valence-corrected chi connectivity index (χ2v) is 8.69. The van der Waals surface area contributed by atoms with Crippen molar-refractivity contribution in [3.8, 4) is 0 Å². The minimum atomic E-state index is -0.687. The van der Waals surface area contributed by atoms with E-state index in [4.69, 9.17) is 4.99 Å². The van der Waals surface area contributed by atoms with Crippen LogP contribution in [0.15, 0.2) is 17.4 Å². The molecule has 1 aliphatic rings. The number of aryl methyl sites for hydroxylation is 2. The summed E-state index contributed by atoms with van der Waals surface area (Å²) in [5.74, 6) is 1.65. The molecule has 6 nitrogen and oxygen atoms in total. The number of hydrogen-bond acceptors (Lipinski definition) is 3. The van der Waals surface area contributed by atoms with Crippen molar-refractivity contribution in [1.29, 1.82) is 0 Å². The molecule has 3 atom stereocenters. The van der Waals surface area contributed by atoms with Gasteiger partial charge in [-0.1, -0.05) is 13.3 Å². The second kappa shape index (κ2) is 10.6. The molecule has 2 rings (SSSR count). The normalized spacial score (nSPS) is 22.6. The Balaban J connectivity index is 1.81. The van der Waals surface area contributed by atoms with Crippen LogP contribution in [0.4, 0.5) is 0 Å². The van der Waals surface area contributed by atoms with Gasteiger partial charge in [0.2, 0.25) is 0 Å². The zero-order valence-electron chi connectivity index (χ0n) is 15.8. The van der Waals surface area contributed by atoms with E-state index in [1.165, 1.54) is 5.56 Å². The lowest BCUT2D eigenvalue weighted by atomic mass is 9.95. The van der Waals surface area contributed by atoms with Crippen molar-refractivity contribution in [2.45, 2.75) is 63.7 Å². The summed E-state index contributed by atoms with van der Waals surface area (Å²) < 4.78 is 13.9. The van der Waals surface area contributed by atoms with E-state index in [2.05, 4.69) is 28.9 Å². The summed E-state index contributed by atoms with van der Waals surface area (Å²) in [7, 11) is 1.26. The number of guanidine groups is 1. The molecule has 25 heavy (non-hydrogen) atoms. The average molecular weight is 368 g/mol. The van der Waals surface area contributed by atoms with Crippen molar-refractivity contribution in [2.24, 2.45) is 12.0 Å². The molecule has 1 saturated carbocycles. The Morgan fingerprint density at radius 1 is 1.44 bits per heavy atom. The van der Waals surface area contributed by atoms with Crippen LogP contribution < -0.4 is 10.6 Å². The number of hydrogen-bond donors (Lipinski definition) is 2. The van der Waals surface area contributed by atoms with Crippen LogP contribution in [0.2, 0.25) is 0 Å². The lowest BCUT2D eigenvalue weighted by molar-refractivity contribution is 0.413. The molecule has 1 heterocycles. The SMILES string of the molecule is CCNC(=NCCCc1cnn(C)c1)NC1CCCC(S(=O)CC)C1. The van der Waals surface area contributed by atoms with E-state index < -0.39 is 10.8 Å². The summed E-state index contributed by atoms with van der Waals surface area (Å²) in [4.78, 5) is 4.71. The van der Waals surface area contributed by atoms with E-state index in [0.717, 1.165) is 63.3 Å². The van der Waals surface area contributed by atoms with Gasteiger partial charge in [-0.3, -0.25) is 13.9 Å². The van der Waals surface area contributed by atoms with Gasteiger partial charge in [-0.2, -0.15) is 5.10 Å². The lowest BCUT2D eigenvalue weighted by Crippen LogP contribution is -2.46. The summed E-state index contributed by atoms with van der Waals surface area (Å²) in [6, 6.07) is 0.380. The monoisotopic (exact) mass is 367 g/mol. The van der Waals surface area contributed by atoms with E-state index in [1.54, 1.807) is 0 Å². The molecule has 7 heteroatoms. The molecular weight excluding hydrogens is 334 g/mol.